The monoisotopic (exact) mass is 289 g/mol. The van der Waals surface area contributed by atoms with E-state index in [1.54, 1.807) is 18.3 Å². The van der Waals surface area contributed by atoms with Gasteiger partial charge in [-0.2, -0.15) is 0 Å². The van der Waals surface area contributed by atoms with E-state index in [1.165, 1.54) is 11.1 Å². The topological polar surface area (TPSA) is 42.4 Å². The average molecular weight is 290 g/mol. The maximum Gasteiger partial charge on any atom is 0.122 e. The molecule has 4 heteroatoms. The van der Waals surface area contributed by atoms with Gasteiger partial charge in [0.25, 0.3) is 0 Å². The fourth-order valence-electron chi connectivity index (χ4n) is 2.48. The fraction of sp³-hybridized carbons (Fsp3) is 0.312. The molecule has 0 aliphatic carbocycles. The van der Waals surface area contributed by atoms with Gasteiger partial charge in [-0.1, -0.05) is 23.7 Å². The number of nitrogens with zero attached hydrogens (tertiary/aromatic N) is 1. The lowest BCUT2D eigenvalue weighted by Gasteiger charge is -2.11. The lowest BCUT2D eigenvalue weighted by Crippen LogP contribution is -2.03. The number of rotatable bonds is 4. The van der Waals surface area contributed by atoms with Crippen LogP contribution in [0.4, 0.5) is 0 Å². The van der Waals surface area contributed by atoms with E-state index in [-0.39, 0.29) is 0 Å². The molecule has 2 aromatic rings. The third-order valence-electron chi connectivity index (χ3n) is 3.56. The molecule has 1 atom stereocenters. The molecule has 0 amide bonds. The number of pyridine rings is 1. The van der Waals surface area contributed by atoms with Gasteiger partial charge in [0.15, 0.2) is 0 Å². The molecule has 104 valence electrons. The van der Waals surface area contributed by atoms with Gasteiger partial charge < -0.3 is 9.84 Å². The highest BCUT2D eigenvalue weighted by atomic mass is 35.5. The molecule has 1 aromatic carbocycles. The number of ether oxygens (including phenoxy) is 1. The molecule has 3 nitrogen and oxygen atoms in total. The van der Waals surface area contributed by atoms with Crippen LogP contribution in [0.3, 0.4) is 0 Å². The molecule has 0 radical (unpaired) electrons. The van der Waals surface area contributed by atoms with Crippen LogP contribution < -0.4 is 4.74 Å². The molecule has 0 spiro atoms. The van der Waals surface area contributed by atoms with E-state index in [9.17, 15) is 5.11 Å². The molecule has 0 bridgehead atoms. The SMILES string of the molecule is OC(CCc1ccc2c(c1)CCO2)c1ncccc1Cl. The molecular formula is C16H16ClNO2. The third-order valence-corrected chi connectivity index (χ3v) is 3.88. The summed E-state index contributed by atoms with van der Waals surface area (Å²) in [5.41, 5.74) is 3.02. The maximum absolute atomic E-state index is 10.2. The van der Waals surface area contributed by atoms with Gasteiger partial charge in [-0.3, -0.25) is 4.98 Å². The van der Waals surface area contributed by atoms with Crippen LogP contribution in [0.1, 0.15) is 29.3 Å². The molecule has 3 rings (SSSR count). The predicted octanol–water partition coefficient (Wildman–Crippen LogP) is 3.34. The van der Waals surface area contributed by atoms with Gasteiger partial charge in [-0.15, -0.1) is 0 Å². The van der Waals surface area contributed by atoms with Crippen LogP contribution in [0.25, 0.3) is 0 Å². The van der Waals surface area contributed by atoms with Gasteiger partial charge in [0.2, 0.25) is 0 Å². The van der Waals surface area contributed by atoms with Gasteiger partial charge in [-0.25, -0.2) is 0 Å². The number of benzene rings is 1. The summed E-state index contributed by atoms with van der Waals surface area (Å²) in [5, 5.41) is 10.7. The number of hydrogen-bond acceptors (Lipinski definition) is 3. The quantitative estimate of drug-likeness (QED) is 0.939. The summed E-state index contributed by atoms with van der Waals surface area (Å²) in [6.45, 7) is 0.769. The lowest BCUT2D eigenvalue weighted by atomic mass is 10.0. The Balaban J connectivity index is 1.66. The first-order valence-corrected chi connectivity index (χ1v) is 7.15. The van der Waals surface area contributed by atoms with Gasteiger partial charge in [0.05, 0.1) is 23.4 Å². The van der Waals surface area contributed by atoms with Crippen molar-refractivity contribution in [2.75, 3.05) is 6.61 Å². The van der Waals surface area contributed by atoms with Crippen LogP contribution in [-0.2, 0) is 12.8 Å². The van der Waals surface area contributed by atoms with Crippen LogP contribution in [-0.4, -0.2) is 16.7 Å². The first kappa shape index (κ1) is 13.4. The Morgan fingerprint density at radius 1 is 1.35 bits per heavy atom. The van der Waals surface area contributed by atoms with E-state index in [0.717, 1.165) is 25.2 Å². The van der Waals surface area contributed by atoms with Crippen molar-refractivity contribution in [3.8, 4) is 5.75 Å². The minimum Gasteiger partial charge on any atom is -0.493 e. The van der Waals surface area contributed by atoms with E-state index in [0.29, 0.717) is 17.1 Å². The normalized spacial score (nSPS) is 14.7. The summed E-state index contributed by atoms with van der Waals surface area (Å²) in [6.07, 6.45) is 3.39. The number of aromatic nitrogens is 1. The van der Waals surface area contributed by atoms with Crippen molar-refractivity contribution in [3.05, 3.63) is 58.4 Å². The molecule has 1 unspecified atom stereocenters. The van der Waals surface area contributed by atoms with Gasteiger partial charge in [-0.05, 0) is 42.2 Å². The smallest absolute Gasteiger partial charge is 0.122 e. The van der Waals surface area contributed by atoms with Crippen molar-refractivity contribution in [1.29, 1.82) is 0 Å². The molecule has 0 saturated carbocycles. The minimum atomic E-state index is -0.631. The highest BCUT2D eigenvalue weighted by molar-refractivity contribution is 6.31. The molecule has 1 aromatic heterocycles. The van der Waals surface area contributed by atoms with Crippen LogP contribution in [0, 0.1) is 0 Å². The largest absolute Gasteiger partial charge is 0.493 e. The van der Waals surface area contributed by atoms with E-state index >= 15 is 0 Å². The molecule has 0 fully saturated rings. The van der Waals surface area contributed by atoms with Crippen molar-refractivity contribution in [2.24, 2.45) is 0 Å². The van der Waals surface area contributed by atoms with Crippen molar-refractivity contribution in [1.82, 2.24) is 4.98 Å². The standard InChI is InChI=1S/C16H16ClNO2/c17-13-2-1-8-18-16(13)14(19)5-3-11-4-6-15-12(10-11)7-9-20-15/h1-2,4,6,8,10,14,19H,3,5,7,9H2. The Morgan fingerprint density at radius 2 is 2.25 bits per heavy atom. The van der Waals surface area contributed by atoms with Crippen LogP contribution >= 0.6 is 11.6 Å². The molecule has 1 aliphatic heterocycles. The number of aryl methyl sites for hydroxylation is 1. The van der Waals surface area contributed by atoms with Crippen molar-refractivity contribution < 1.29 is 9.84 Å². The Morgan fingerprint density at radius 3 is 3.10 bits per heavy atom. The zero-order chi connectivity index (χ0) is 13.9. The Hall–Kier alpha value is -1.58. The van der Waals surface area contributed by atoms with Crippen molar-refractivity contribution in [2.45, 2.75) is 25.4 Å². The molecule has 2 heterocycles. The van der Waals surface area contributed by atoms with E-state index in [1.807, 2.05) is 6.07 Å². The van der Waals surface area contributed by atoms with Gasteiger partial charge >= 0.3 is 0 Å². The fourth-order valence-corrected chi connectivity index (χ4v) is 2.73. The summed E-state index contributed by atoms with van der Waals surface area (Å²) in [4.78, 5) is 4.15. The second-order valence-electron chi connectivity index (χ2n) is 4.97. The summed E-state index contributed by atoms with van der Waals surface area (Å²) in [7, 11) is 0. The highest BCUT2D eigenvalue weighted by Crippen LogP contribution is 2.28. The summed E-state index contributed by atoms with van der Waals surface area (Å²) < 4.78 is 5.49. The maximum atomic E-state index is 10.2. The zero-order valence-corrected chi connectivity index (χ0v) is 11.8. The molecule has 20 heavy (non-hydrogen) atoms. The number of aliphatic hydroxyl groups is 1. The average Bonchev–Trinajstić information content (AvgIpc) is 2.92. The van der Waals surface area contributed by atoms with E-state index in [2.05, 4.69) is 17.1 Å². The molecule has 1 aliphatic rings. The molecular weight excluding hydrogens is 274 g/mol. The molecule has 0 saturated heterocycles. The number of halogens is 1. The summed E-state index contributed by atoms with van der Waals surface area (Å²) in [5.74, 6) is 0.988. The first-order valence-electron chi connectivity index (χ1n) is 6.77. The van der Waals surface area contributed by atoms with Crippen LogP contribution in [0.2, 0.25) is 5.02 Å². The zero-order valence-electron chi connectivity index (χ0n) is 11.1. The second-order valence-corrected chi connectivity index (χ2v) is 5.37. The highest BCUT2D eigenvalue weighted by Gasteiger charge is 2.15. The number of hydrogen-bond donors (Lipinski definition) is 1. The summed E-state index contributed by atoms with van der Waals surface area (Å²) >= 11 is 6.04. The number of fused-ring (bicyclic) bond motifs is 1. The first-order chi connectivity index (χ1) is 9.74. The Kier molecular flexibility index (Phi) is 3.90. The molecule has 1 N–H and O–H groups in total. The summed E-state index contributed by atoms with van der Waals surface area (Å²) in [6, 6.07) is 9.74. The van der Waals surface area contributed by atoms with Crippen LogP contribution in [0.5, 0.6) is 5.75 Å². The van der Waals surface area contributed by atoms with Gasteiger partial charge in [0.1, 0.15) is 5.75 Å². The Bertz CT molecular complexity index is 615. The van der Waals surface area contributed by atoms with E-state index < -0.39 is 6.10 Å². The number of aliphatic hydroxyl groups excluding tert-OH is 1. The lowest BCUT2D eigenvalue weighted by molar-refractivity contribution is 0.163. The van der Waals surface area contributed by atoms with Crippen molar-refractivity contribution in [3.63, 3.8) is 0 Å². The van der Waals surface area contributed by atoms with Crippen molar-refractivity contribution >= 4 is 11.6 Å². The van der Waals surface area contributed by atoms with Gasteiger partial charge in [0, 0.05) is 12.6 Å². The Labute approximate surface area is 123 Å². The second kappa shape index (κ2) is 5.81. The van der Waals surface area contributed by atoms with E-state index in [4.69, 9.17) is 16.3 Å². The van der Waals surface area contributed by atoms with Crippen LogP contribution in [0.15, 0.2) is 36.5 Å². The third kappa shape index (κ3) is 2.79. The predicted molar refractivity (Wildman–Crippen MR) is 78.2 cm³/mol. The minimum absolute atomic E-state index is 0.516.